The highest BCUT2D eigenvalue weighted by Gasteiger charge is 2.24. The number of amides is 1. The van der Waals surface area contributed by atoms with E-state index in [1.165, 1.54) is 28.8 Å². The molecule has 0 unspecified atom stereocenters. The maximum atomic E-state index is 12.9. The highest BCUT2D eigenvalue weighted by molar-refractivity contribution is 7.99. The number of carbonyl (C=O) groups excluding carboxylic acids is 1. The first kappa shape index (κ1) is 18.0. The number of nitriles is 1. The Hall–Kier alpha value is -1.84. The van der Waals surface area contributed by atoms with Crippen molar-refractivity contribution in [2.75, 3.05) is 11.1 Å². The van der Waals surface area contributed by atoms with Gasteiger partial charge in [0.2, 0.25) is 5.91 Å². The minimum Gasteiger partial charge on any atom is -0.317 e. The summed E-state index contributed by atoms with van der Waals surface area (Å²) in [5.41, 5.74) is 1.77. The van der Waals surface area contributed by atoms with Gasteiger partial charge in [-0.25, -0.2) is 4.39 Å². The predicted molar refractivity (Wildman–Crippen MR) is 101 cm³/mol. The van der Waals surface area contributed by atoms with Crippen LogP contribution in [0.25, 0.3) is 0 Å². The zero-order valence-electron chi connectivity index (χ0n) is 14.0. The van der Waals surface area contributed by atoms with Gasteiger partial charge in [-0.05, 0) is 55.0 Å². The number of nitrogens with zero attached hydrogens (tertiary/aromatic N) is 1. The molecule has 0 bridgehead atoms. The van der Waals surface area contributed by atoms with Crippen molar-refractivity contribution in [3.63, 3.8) is 0 Å². The quantitative estimate of drug-likeness (QED) is 0.749. The standard InChI is InChI=1S/C19H19FN2OS2/c1-12-2-7-15-16(11-21)19(25-17(15)10-12)22-18(23)8-9-24-14-5-3-13(20)4-6-14/h3-6,12H,2,7-10H2,1H3,(H,22,23)/t12-/m1/s1. The van der Waals surface area contributed by atoms with E-state index in [0.29, 0.717) is 28.7 Å². The van der Waals surface area contributed by atoms with E-state index in [1.807, 2.05) is 0 Å². The summed E-state index contributed by atoms with van der Waals surface area (Å²) in [5, 5.41) is 13.1. The smallest absolute Gasteiger partial charge is 0.225 e. The van der Waals surface area contributed by atoms with Crippen molar-refractivity contribution in [1.29, 1.82) is 5.26 Å². The summed E-state index contributed by atoms with van der Waals surface area (Å²) in [6.45, 7) is 2.22. The highest BCUT2D eigenvalue weighted by atomic mass is 32.2. The van der Waals surface area contributed by atoms with Crippen LogP contribution in [0, 0.1) is 23.1 Å². The van der Waals surface area contributed by atoms with E-state index in [0.717, 1.165) is 29.7 Å². The molecule has 0 radical (unpaired) electrons. The summed E-state index contributed by atoms with van der Waals surface area (Å²) >= 11 is 3.06. The van der Waals surface area contributed by atoms with Crippen molar-refractivity contribution in [2.24, 2.45) is 5.92 Å². The Kier molecular flexibility index (Phi) is 5.77. The molecule has 1 N–H and O–H groups in total. The minimum absolute atomic E-state index is 0.0854. The molecular weight excluding hydrogens is 355 g/mol. The fourth-order valence-corrected chi connectivity index (χ4v) is 5.17. The Bertz CT molecular complexity index is 808. The molecule has 6 heteroatoms. The Morgan fingerprint density at radius 1 is 1.44 bits per heavy atom. The molecule has 1 aliphatic carbocycles. The van der Waals surface area contributed by atoms with Gasteiger partial charge in [-0.2, -0.15) is 5.26 Å². The largest absolute Gasteiger partial charge is 0.317 e. The number of hydrogen-bond acceptors (Lipinski definition) is 4. The number of benzene rings is 1. The van der Waals surface area contributed by atoms with Gasteiger partial charge in [0.15, 0.2) is 0 Å². The summed E-state index contributed by atoms with van der Waals surface area (Å²) < 4.78 is 12.9. The molecule has 3 nitrogen and oxygen atoms in total. The molecule has 1 aromatic heterocycles. The van der Waals surface area contributed by atoms with Gasteiger partial charge >= 0.3 is 0 Å². The fraction of sp³-hybridized carbons (Fsp3) is 0.368. The third kappa shape index (κ3) is 4.42. The lowest BCUT2D eigenvalue weighted by atomic mass is 9.89. The predicted octanol–water partition coefficient (Wildman–Crippen LogP) is 5.00. The summed E-state index contributed by atoms with van der Waals surface area (Å²) in [6, 6.07) is 8.51. The van der Waals surface area contributed by atoms with E-state index in [-0.39, 0.29) is 11.7 Å². The Morgan fingerprint density at radius 3 is 2.92 bits per heavy atom. The third-order valence-electron chi connectivity index (χ3n) is 4.29. The van der Waals surface area contributed by atoms with Gasteiger partial charge in [-0.15, -0.1) is 23.1 Å². The van der Waals surface area contributed by atoms with Crippen molar-refractivity contribution < 1.29 is 9.18 Å². The molecule has 0 aliphatic heterocycles. The van der Waals surface area contributed by atoms with Gasteiger partial charge in [0.05, 0.1) is 5.56 Å². The van der Waals surface area contributed by atoms with Gasteiger partial charge in [0, 0.05) is 21.9 Å². The van der Waals surface area contributed by atoms with E-state index < -0.39 is 0 Å². The number of hydrogen-bond donors (Lipinski definition) is 1. The van der Waals surface area contributed by atoms with Gasteiger partial charge in [-0.1, -0.05) is 6.92 Å². The first-order valence-electron chi connectivity index (χ1n) is 8.29. The molecule has 1 atom stereocenters. The number of carbonyl (C=O) groups is 1. The zero-order chi connectivity index (χ0) is 17.8. The molecule has 0 saturated carbocycles. The van der Waals surface area contributed by atoms with Crippen molar-refractivity contribution in [1.82, 2.24) is 0 Å². The van der Waals surface area contributed by atoms with Crippen molar-refractivity contribution >= 4 is 34.0 Å². The summed E-state index contributed by atoms with van der Waals surface area (Å²) in [5.74, 6) is 0.898. The second-order valence-corrected chi connectivity index (χ2v) is 8.54. The van der Waals surface area contributed by atoms with Gasteiger partial charge in [0.1, 0.15) is 16.9 Å². The van der Waals surface area contributed by atoms with Crippen LogP contribution in [0.1, 0.15) is 35.8 Å². The average molecular weight is 375 g/mol. The van der Waals surface area contributed by atoms with Gasteiger partial charge in [0.25, 0.3) is 0 Å². The number of halogens is 1. The first-order chi connectivity index (χ1) is 12.1. The number of nitrogens with one attached hydrogen (secondary N) is 1. The molecule has 2 aromatic rings. The van der Waals surface area contributed by atoms with Gasteiger partial charge < -0.3 is 5.32 Å². The molecule has 1 aliphatic rings. The number of anilines is 1. The fourth-order valence-electron chi connectivity index (χ4n) is 2.94. The lowest BCUT2D eigenvalue weighted by Crippen LogP contribution is -2.12. The molecule has 1 amide bonds. The molecule has 1 heterocycles. The van der Waals surface area contributed by atoms with E-state index in [9.17, 15) is 14.4 Å². The van der Waals surface area contributed by atoms with Crippen LogP contribution >= 0.6 is 23.1 Å². The van der Waals surface area contributed by atoms with E-state index in [4.69, 9.17) is 0 Å². The second kappa shape index (κ2) is 8.03. The monoisotopic (exact) mass is 374 g/mol. The summed E-state index contributed by atoms with van der Waals surface area (Å²) in [7, 11) is 0. The molecule has 3 rings (SSSR count). The SMILES string of the molecule is C[C@@H]1CCc2c(sc(NC(=O)CCSc3ccc(F)cc3)c2C#N)C1. The van der Waals surface area contributed by atoms with E-state index in [2.05, 4.69) is 18.3 Å². The lowest BCUT2D eigenvalue weighted by Gasteiger charge is -2.17. The molecular formula is C19H19FN2OS2. The molecule has 25 heavy (non-hydrogen) atoms. The number of thioether (sulfide) groups is 1. The lowest BCUT2D eigenvalue weighted by molar-refractivity contribution is -0.115. The molecule has 1 aromatic carbocycles. The maximum absolute atomic E-state index is 12.9. The number of rotatable bonds is 5. The van der Waals surface area contributed by atoms with Crippen molar-refractivity contribution in [3.05, 3.63) is 46.1 Å². The third-order valence-corrected chi connectivity index (χ3v) is 6.47. The average Bonchev–Trinajstić information content (AvgIpc) is 2.92. The minimum atomic E-state index is -0.262. The maximum Gasteiger partial charge on any atom is 0.225 e. The second-order valence-electron chi connectivity index (χ2n) is 6.27. The first-order valence-corrected chi connectivity index (χ1v) is 10.1. The normalized spacial score (nSPS) is 16.1. The molecule has 0 saturated heterocycles. The Morgan fingerprint density at radius 2 is 2.20 bits per heavy atom. The van der Waals surface area contributed by atoms with Crippen LogP contribution < -0.4 is 5.32 Å². The van der Waals surface area contributed by atoms with Crippen molar-refractivity contribution in [3.8, 4) is 6.07 Å². The zero-order valence-corrected chi connectivity index (χ0v) is 15.6. The topological polar surface area (TPSA) is 52.9 Å². The van der Waals surface area contributed by atoms with Crippen LogP contribution in [-0.2, 0) is 17.6 Å². The number of thiophene rings is 1. The van der Waals surface area contributed by atoms with Crippen molar-refractivity contribution in [2.45, 2.75) is 37.5 Å². The van der Waals surface area contributed by atoms with Crippen LogP contribution in [0.4, 0.5) is 9.39 Å². The highest BCUT2D eigenvalue weighted by Crippen LogP contribution is 2.39. The number of fused-ring (bicyclic) bond motifs is 1. The summed E-state index contributed by atoms with van der Waals surface area (Å²) in [4.78, 5) is 14.4. The Labute approximate surface area is 155 Å². The molecule has 0 spiro atoms. The molecule has 130 valence electrons. The van der Waals surface area contributed by atoms with Crippen LogP contribution in [0.15, 0.2) is 29.2 Å². The van der Waals surface area contributed by atoms with Crippen LogP contribution in [0.5, 0.6) is 0 Å². The Balaban J connectivity index is 1.58. The van der Waals surface area contributed by atoms with Gasteiger partial charge in [-0.3, -0.25) is 4.79 Å². The van der Waals surface area contributed by atoms with Crippen LogP contribution in [0.2, 0.25) is 0 Å². The van der Waals surface area contributed by atoms with E-state index in [1.54, 1.807) is 23.5 Å². The summed E-state index contributed by atoms with van der Waals surface area (Å²) in [6.07, 6.45) is 3.36. The van der Waals surface area contributed by atoms with Crippen LogP contribution in [0.3, 0.4) is 0 Å². The molecule has 0 fully saturated rings. The van der Waals surface area contributed by atoms with Crippen LogP contribution in [-0.4, -0.2) is 11.7 Å². The van der Waals surface area contributed by atoms with E-state index >= 15 is 0 Å².